The van der Waals surface area contributed by atoms with E-state index in [9.17, 15) is 12.8 Å². The van der Waals surface area contributed by atoms with Crippen molar-refractivity contribution in [2.45, 2.75) is 11.4 Å². The van der Waals surface area contributed by atoms with Gasteiger partial charge in [0.1, 0.15) is 22.2 Å². The number of methoxy groups -OCH3 is 1. The number of hydrogen-bond acceptors (Lipinski definition) is 4. The molecule has 26 heavy (non-hydrogen) atoms. The number of halogens is 2. The van der Waals surface area contributed by atoms with Crippen molar-refractivity contribution in [1.29, 1.82) is 0 Å². The second kappa shape index (κ2) is 7.51. The van der Waals surface area contributed by atoms with E-state index >= 15 is 0 Å². The van der Waals surface area contributed by atoms with Gasteiger partial charge in [0.25, 0.3) is 10.0 Å². The van der Waals surface area contributed by atoms with Crippen molar-refractivity contribution in [3.8, 4) is 5.75 Å². The highest BCUT2D eigenvalue weighted by Gasteiger charge is 2.29. The summed E-state index contributed by atoms with van der Waals surface area (Å²) in [6.45, 7) is -0.0450. The number of anilines is 1. The van der Waals surface area contributed by atoms with Crippen LogP contribution in [0.3, 0.4) is 0 Å². The van der Waals surface area contributed by atoms with Gasteiger partial charge in [-0.15, -0.1) is 0 Å². The number of furan rings is 1. The molecule has 0 spiro atoms. The fourth-order valence-electron chi connectivity index (χ4n) is 2.44. The molecule has 0 aliphatic heterocycles. The standard InChI is InChI=1S/C18H15BrFNO4S/c1-24-17-9-4-13(19)11-18(17)26(22,23)21(12-16-3-2-10-25-16)15-7-5-14(20)6-8-15/h2-11H,12H2,1H3. The molecule has 0 aliphatic rings. The highest BCUT2D eigenvalue weighted by atomic mass is 79.9. The Morgan fingerprint density at radius 2 is 1.88 bits per heavy atom. The monoisotopic (exact) mass is 439 g/mol. The third kappa shape index (κ3) is 3.76. The highest BCUT2D eigenvalue weighted by Crippen LogP contribution is 2.33. The predicted molar refractivity (Wildman–Crippen MR) is 99.2 cm³/mol. The Morgan fingerprint density at radius 1 is 1.15 bits per heavy atom. The van der Waals surface area contributed by atoms with Gasteiger partial charge >= 0.3 is 0 Å². The van der Waals surface area contributed by atoms with E-state index in [4.69, 9.17) is 9.15 Å². The lowest BCUT2D eigenvalue weighted by Crippen LogP contribution is -2.30. The number of benzene rings is 2. The summed E-state index contributed by atoms with van der Waals surface area (Å²) in [5.41, 5.74) is 0.310. The van der Waals surface area contributed by atoms with Gasteiger partial charge in [0.15, 0.2) is 0 Å². The fourth-order valence-corrected chi connectivity index (χ4v) is 4.57. The first kappa shape index (κ1) is 18.5. The van der Waals surface area contributed by atoms with E-state index < -0.39 is 15.8 Å². The van der Waals surface area contributed by atoms with Crippen LogP contribution in [0.4, 0.5) is 10.1 Å². The fraction of sp³-hybridized carbons (Fsp3) is 0.111. The molecule has 0 fully saturated rings. The summed E-state index contributed by atoms with van der Waals surface area (Å²) in [4.78, 5) is -0.00902. The Labute approximate surface area is 159 Å². The van der Waals surface area contributed by atoms with Crippen LogP contribution in [0.25, 0.3) is 0 Å². The summed E-state index contributed by atoms with van der Waals surface area (Å²) in [5, 5.41) is 0. The summed E-state index contributed by atoms with van der Waals surface area (Å²) >= 11 is 3.29. The SMILES string of the molecule is COc1ccc(Br)cc1S(=O)(=O)N(Cc1ccco1)c1ccc(F)cc1. The van der Waals surface area contributed by atoms with Gasteiger partial charge in [-0.05, 0) is 54.6 Å². The molecule has 5 nitrogen and oxygen atoms in total. The zero-order valence-electron chi connectivity index (χ0n) is 13.7. The van der Waals surface area contributed by atoms with Gasteiger partial charge in [0.2, 0.25) is 0 Å². The van der Waals surface area contributed by atoms with Gasteiger partial charge in [-0.3, -0.25) is 4.31 Å². The van der Waals surface area contributed by atoms with Crippen LogP contribution in [0.1, 0.15) is 5.76 Å². The Bertz CT molecular complexity index is 989. The van der Waals surface area contributed by atoms with Crippen molar-refractivity contribution < 1.29 is 22.0 Å². The molecule has 136 valence electrons. The van der Waals surface area contributed by atoms with E-state index in [2.05, 4.69) is 15.9 Å². The zero-order chi connectivity index (χ0) is 18.7. The average Bonchev–Trinajstić information content (AvgIpc) is 3.14. The molecule has 0 N–H and O–H groups in total. The largest absolute Gasteiger partial charge is 0.495 e. The van der Waals surface area contributed by atoms with Crippen LogP contribution in [0.5, 0.6) is 5.75 Å². The van der Waals surface area contributed by atoms with Crippen LogP contribution in [0.2, 0.25) is 0 Å². The lowest BCUT2D eigenvalue weighted by Gasteiger charge is -2.24. The van der Waals surface area contributed by atoms with Gasteiger partial charge in [-0.25, -0.2) is 12.8 Å². The van der Waals surface area contributed by atoms with Crippen molar-refractivity contribution >= 4 is 31.6 Å². The smallest absolute Gasteiger partial charge is 0.268 e. The Hall–Kier alpha value is -2.32. The quantitative estimate of drug-likeness (QED) is 0.563. The average molecular weight is 440 g/mol. The molecule has 8 heteroatoms. The minimum Gasteiger partial charge on any atom is -0.495 e. The second-order valence-corrected chi connectivity index (χ2v) is 8.11. The molecule has 2 aromatic carbocycles. The van der Waals surface area contributed by atoms with E-state index in [1.54, 1.807) is 24.3 Å². The molecule has 0 atom stereocenters. The first-order chi connectivity index (χ1) is 12.4. The number of ether oxygens (including phenoxy) is 1. The van der Waals surface area contributed by atoms with E-state index in [1.165, 1.54) is 43.7 Å². The van der Waals surface area contributed by atoms with Crippen LogP contribution in [0, 0.1) is 5.82 Å². The van der Waals surface area contributed by atoms with Gasteiger partial charge in [0.05, 0.1) is 25.6 Å². The van der Waals surface area contributed by atoms with Crippen molar-refractivity contribution in [2.24, 2.45) is 0 Å². The zero-order valence-corrected chi connectivity index (χ0v) is 16.1. The first-order valence-corrected chi connectivity index (χ1v) is 9.79. The molecule has 1 aromatic heterocycles. The summed E-state index contributed by atoms with van der Waals surface area (Å²) in [6, 6.07) is 13.3. The molecule has 0 radical (unpaired) electrons. The van der Waals surface area contributed by atoms with E-state index in [-0.39, 0.29) is 17.2 Å². The summed E-state index contributed by atoms with van der Waals surface area (Å²) in [5.74, 6) is 0.204. The van der Waals surface area contributed by atoms with Crippen LogP contribution >= 0.6 is 15.9 Å². The number of rotatable bonds is 6. The molecule has 0 bridgehead atoms. The summed E-state index contributed by atoms with van der Waals surface area (Å²) in [6.07, 6.45) is 1.46. The first-order valence-electron chi connectivity index (χ1n) is 7.56. The maximum absolute atomic E-state index is 13.4. The molecule has 0 unspecified atom stereocenters. The molecule has 0 aliphatic carbocycles. The Balaban J connectivity index is 2.13. The highest BCUT2D eigenvalue weighted by molar-refractivity contribution is 9.10. The number of hydrogen-bond donors (Lipinski definition) is 0. The van der Waals surface area contributed by atoms with Crippen LogP contribution in [0.15, 0.2) is 74.6 Å². The molecule has 1 heterocycles. The number of nitrogens with zero attached hydrogens (tertiary/aromatic N) is 1. The van der Waals surface area contributed by atoms with Gasteiger partial charge in [-0.2, -0.15) is 0 Å². The van der Waals surface area contributed by atoms with Gasteiger partial charge < -0.3 is 9.15 Å². The predicted octanol–water partition coefficient (Wildman–Crippen LogP) is 4.59. The normalized spacial score (nSPS) is 11.3. The molecule has 0 amide bonds. The second-order valence-electron chi connectivity index (χ2n) is 5.36. The summed E-state index contributed by atoms with van der Waals surface area (Å²) in [7, 11) is -2.61. The minimum absolute atomic E-state index is 0.00902. The van der Waals surface area contributed by atoms with Crippen molar-refractivity contribution in [1.82, 2.24) is 0 Å². The van der Waals surface area contributed by atoms with Gasteiger partial charge in [0, 0.05) is 4.47 Å². The van der Waals surface area contributed by atoms with Gasteiger partial charge in [-0.1, -0.05) is 15.9 Å². The van der Waals surface area contributed by atoms with Crippen LogP contribution < -0.4 is 9.04 Å². The molecule has 3 aromatic rings. The Morgan fingerprint density at radius 3 is 2.50 bits per heavy atom. The lowest BCUT2D eigenvalue weighted by molar-refractivity contribution is 0.402. The minimum atomic E-state index is -4.01. The van der Waals surface area contributed by atoms with E-state index in [1.807, 2.05) is 0 Å². The van der Waals surface area contributed by atoms with Crippen LogP contribution in [-0.2, 0) is 16.6 Å². The molecule has 0 saturated carbocycles. The third-order valence-corrected chi connectivity index (χ3v) is 5.98. The Kier molecular flexibility index (Phi) is 5.33. The maximum atomic E-state index is 13.4. The van der Waals surface area contributed by atoms with E-state index in [0.29, 0.717) is 15.9 Å². The van der Waals surface area contributed by atoms with Crippen molar-refractivity contribution in [3.63, 3.8) is 0 Å². The molecule has 0 saturated heterocycles. The summed E-state index contributed by atoms with van der Waals surface area (Å²) < 4.78 is 52.3. The van der Waals surface area contributed by atoms with Crippen molar-refractivity contribution in [2.75, 3.05) is 11.4 Å². The maximum Gasteiger partial charge on any atom is 0.268 e. The third-order valence-electron chi connectivity index (χ3n) is 3.69. The van der Waals surface area contributed by atoms with Crippen molar-refractivity contribution in [3.05, 3.63) is 76.9 Å². The molecular weight excluding hydrogens is 425 g/mol. The van der Waals surface area contributed by atoms with Crippen LogP contribution in [-0.4, -0.2) is 15.5 Å². The lowest BCUT2D eigenvalue weighted by atomic mass is 10.3. The topological polar surface area (TPSA) is 59.8 Å². The van der Waals surface area contributed by atoms with E-state index in [0.717, 1.165) is 4.31 Å². The molecular formula is C18H15BrFNO4S. The number of sulfonamides is 1. The molecule has 3 rings (SSSR count).